The van der Waals surface area contributed by atoms with Gasteiger partial charge in [-0.1, -0.05) is 26.0 Å². The van der Waals surface area contributed by atoms with Gasteiger partial charge in [-0.2, -0.15) is 0 Å². The summed E-state index contributed by atoms with van der Waals surface area (Å²) in [4.78, 5) is 39.8. The molecule has 0 fully saturated rings. The molecule has 7 nitrogen and oxygen atoms in total. The van der Waals surface area contributed by atoms with E-state index in [2.05, 4.69) is 10.6 Å². The molecule has 29 heavy (non-hydrogen) atoms. The summed E-state index contributed by atoms with van der Waals surface area (Å²) in [7, 11) is 1.62. The van der Waals surface area contributed by atoms with Crippen molar-refractivity contribution in [1.82, 2.24) is 15.5 Å². The Morgan fingerprint density at radius 2 is 1.86 bits per heavy atom. The first-order valence-electron chi connectivity index (χ1n) is 10.5. The molecule has 0 aromatic carbocycles. The molecule has 0 saturated heterocycles. The monoisotopic (exact) mass is 409 g/mol. The van der Waals surface area contributed by atoms with Crippen LogP contribution in [0.2, 0.25) is 0 Å². The first-order valence-corrected chi connectivity index (χ1v) is 10.5. The fourth-order valence-corrected chi connectivity index (χ4v) is 3.79. The molecule has 0 aromatic rings. The summed E-state index contributed by atoms with van der Waals surface area (Å²) in [6, 6.07) is 0.0436. The van der Waals surface area contributed by atoms with Gasteiger partial charge < -0.3 is 15.0 Å². The summed E-state index contributed by atoms with van der Waals surface area (Å²) < 4.78 is 5.27. The van der Waals surface area contributed by atoms with Crippen molar-refractivity contribution < 1.29 is 19.1 Å². The molecule has 1 aliphatic heterocycles. The van der Waals surface area contributed by atoms with Crippen LogP contribution in [0.4, 0.5) is 4.79 Å². The summed E-state index contributed by atoms with van der Waals surface area (Å²) in [5.74, 6) is -0.119. The first-order chi connectivity index (χ1) is 13.4. The van der Waals surface area contributed by atoms with Gasteiger partial charge in [0.15, 0.2) is 11.6 Å². The van der Waals surface area contributed by atoms with Gasteiger partial charge in [0, 0.05) is 25.6 Å². The zero-order valence-electron chi connectivity index (χ0n) is 19.1. The minimum absolute atomic E-state index is 0.0436. The Kier molecular flexibility index (Phi) is 9.49. The largest absolute Gasteiger partial charge is 0.445 e. The lowest BCUT2D eigenvalue weighted by Crippen LogP contribution is -2.63. The predicted octanol–water partition coefficient (Wildman–Crippen LogP) is 2.69. The fourth-order valence-electron chi connectivity index (χ4n) is 3.79. The summed E-state index contributed by atoms with van der Waals surface area (Å²) in [6.07, 6.45) is 5.51. The molecule has 0 unspecified atom stereocenters. The standard InChI is InChI=1S/C22H39N3O4/c1-16(2)19(27)21(5)12-10-8-9-11-13-29-20(28)25(7)15-22(6,24-17(3)4)18(26)14-23-21/h9,11,16-17,23-24H,8,10,12-15H2,1-7H3/t21-,22+/m0/s1. The van der Waals surface area contributed by atoms with Gasteiger partial charge in [-0.25, -0.2) is 4.79 Å². The molecule has 2 atom stereocenters. The zero-order valence-corrected chi connectivity index (χ0v) is 19.1. The quantitative estimate of drug-likeness (QED) is 0.694. The van der Waals surface area contributed by atoms with Crippen LogP contribution in [-0.4, -0.2) is 66.4 Å². The van der Waals surface area contributed by atoms with Gasteiger partial charge in [0.2, 0.25) is 0 Å². The molecule has 1 amide bonds. The number of amides is 1. The number of allylic oxidation sites excluding steroid dienone is 1. The summed E-state index contributed by atoms with van der Waals surface area (Å²) in [5.41, 5.74) is -1.73. The molecule has 7 heteroatoms. The number of likely N-dealkylation sites (N-methyl/N-ethyl adjacent to an activating group) is 1. The van der Waals surface area contributed by atoms with Crippen molar-refractivity contribution in [1.29, 1.82) is 0 Å². The predicted molar refractivity (Wildman–Crippen MR) is 115 cm³/mol. The summed E-state index contributed by atoms with van der Waals surface area (Å²) >= 11 is 0. The number of Topliss-reactive ketones (excluding diaryl/α,β-unsaturated/α-hetero) is 2. The maximum absolute atomic E-state index is 13.2. The van der Waals surface area contributed by atoms with Crippen LogP contribution >= 0.6 is 0 Å². The Hall–Kier alpha value is -1.73. The highest BCUT2D eigenvalue weighted by atomic mass is 16.6. The van der Waals surface area contributed by atoms with Gasteiger partial charge in [-0.15, -0.1) is 0 Å². The average Bonchev–Trinajstić information content (AvgIpc) is 2.62. The highest BCUT2D eigenvalue weighted by Crippen LogP contribution is 2.21. The van der Waals surface area contributed by atoms with E-state index in [-0.39, 0.29) is 43.2 Å². The maximum Gasteiger partial charge on any atom is 0.409 e. The second-order valence-electron chi connectivity index (χ2n) is 9.06. The Balaban J connectivity index is 3.16. The lowest BCUT2D eigenvalue weighted by atomic mass is 9.83. The van der Waals surface area contributed by atoms with E-state index in [0.29, 0.717) is 6.42 Å². The normalized spacial score (nSPS) is 28.2. The Morgan fingerprint density at radius 3 is 2.45 bits per heavy atom. The van der Waals surface area contributed by atoms with E-state index >= 15 is 0 Å². The number of ether oxygens (including phenoxy) is 1. The molecule has 1 heterocycles. The van der Waals surface area contributed by atoms with Crippen molar-refractivity contribution in [2.75, 3.05) is 26.7 Å². The molecule has 166 valence electrons. The lowest BCUT2D eigenvalue weighted by molar-refractivity contribution is -0.129. The molecule has 2 N–H and O–H groups in total. The summed E-state index contributed by atoms with van der Waals surface area (Å²) in [5, 5.41) is 6.55. The minimum Gasteiger partial charge on any atom is -0.445 e. The van der Waals surface area contributed by atoms with E-state index in [0.717, 1.165) is 12.8 Å². The van der Waals surface area contributed by atoms with Crippen molar-refractivity contribution in [2.24, 2.45) is 5.92 Å². The number of carbonyl (C=O) groups is 3. The van der Waals surface area contributed by atoms with Crippen LogP contribution in [0.15, 0.2) is 12.2 Å². The van der Waals surface area contributed by atoms with Gasteiger partial charge in [-0.05, 0) is 47.0 Å². The van der Waals surface area contributed by atoms with E-state index in [1.54, 1.807) is 14.0 Å². The second kappa shape index (κ2) is 10.9. The van der Waals surface area contributed by atoms with Crippen LogP contribution in [-0.2, 0) is 14.3 Å². The zero-order chi connectivity index (χ0) is 22.2. The van der Waals surface area contributed by atoms with Gasteiger partial charge >= 0.3 is 6.09 Å². The Morgan fingerprint density at radius 1 is 1.21 bits per heavy atom. The Labute approximate surface area is 175 Å². The van der Waals surface area contributed by atoms with Gasteiger partial charge in [0.25, 0.3) is 0 Å². The number of rotatable bonds is 4. The number of carbonyl (C=O) groups excluding carboxylic acids is 3. The van der Waals surface area contributed by atoms with Gasteiger partial charge in [-0.3, -0.25) is 14.9 Å². The molecule has 0 bridgehead atoms. The molecule has 1 aliphatic rings. The van der Waals surface area contributed by atoms with E-state index in [4.69, 9.17) is 4.74 Å². The number of cyclic esters (lactones) is 1. The van der Waals surface area contributed by atoms with Crippen LogP contribution in [0.25, 0.3) is 0 Å². The van der Waals surface area contributed by atoms with Crippen molar-refractivity contribution in [2.45, 2.75) is 77.9 Å². The molecule has 1 rings (SSSR count). The highest BCUT2D eigenvalue weighted by Gasteiger charge is 2.39. The molecule has 0 aromatic heterocycles. The number of ketones is 2. The molecular formula is C22H39N3O4. The van der Waals surface area contributed by atoms with Crippen LogP contribution in [0.3, 0.4) is 0 Å². The number of nitrogens with one attached hydrogen (secondary N) is 2. The number of hydrogen-bond donors (Lipinski definition) is 2. The van der Waals surface area contributed by atoms with Gasteiger partial charge in [0.05, 0.1) is 17.6 Å². The molecular weight excluding hydrogens is 370 g/mol. The van der Waals surface area contributed by atoms with E-state index in [1.807, 2.05) is 46.8 Å². The third-order valence-corrected chi connectivity index (χ3v) is 5.31. The lowest BCUT2D eigenvalue weighted by Gasteiger charge is -2.37. The van der Waals surface area contributed by atoms with E-state index < -0.39 is 17.2 Å². The van der Waals surface area contributed by atoms with E-state index in [1.165, 1.54) is 4.90 Å². The van der Waals surface area contributed by atoms with Crippen LogP contribution in [0.5, 0.6) is 0 Å². The minimum atomic E-state index is -0.966. The van der Waals surface area contributed by atoms with Crippen LogP contribution in [0, 0.1) is 5.92 Å². The number of nitrogens with zero attached hydrogens (tertiary/aromatic N) is 1. The van der Waals surface area contributed by atoms with Crippen LogP contribution in [0.1, 0.15) is 60.8 Å². The second-order valence-corrected chi connectivity index (χ2v) is 9.06. The van der Waals surface area contributed by atoms with Crippen LogP contribution < -0.4 is 10.6 Å². The topological polar surface area (TPSA) is 87.7 Å². The molecule has 0 aliphatic carbocycles. The van der Waals surface area contributed by atoms with Crippen molar-refractivity contribution >= 4 is 17.7 Å². The average molecular weight is 410 g/mol. The molecule has 0 saturated carbocycles. The SMILES string of the molecule is CC(C)N[C@]1(C)CN(C)C(=O)OCC=CCCC[C@@](C)(C(=O)C(C)C)NCC1=O. The van der Waals surface area contributed by atoms with Crippen molar-refractivity contribution in [3.8, 4) is 0 Å². The van der Waals surface area contributed by atoms with Crippen molar-refractivity contribution in [3.05, 3.63) is 12.2 Å². The van der Waals surface area contributed by atoms with Gasteiger partial charge in [0.1, 0.15) is 6.61 Å². The summed E-state index contributed by atoms with van der Waals surface area (Å²) in [6.45, 7) is 11.8. The molecule has 0 spiro atoms. The van der Waals surface area contributed by atoms with E-state index in [9.17, 15) is 14.4 Å². The third kappa shape index (κ3) is 7.55. The Bertz CT molecular complexity index is 617. The molecule has 0 radical (unpaired) electrons. The number of hydrogen-bond acceptors (Lipinski definition) is 6. The van der Waals surface area contributed by atoms with Crippen molar-refractivity contribution in [3.63, 3.8) is 0 Å². The maximum atomic E-state index is 13.2. The first kappa shape index (κ1) is 25.3. The third-order valence-electron chi connectivity index (χ3n) is 5.31. The highest BCUT2D eigenvalue weighted by molar-refractivity contribution is 5.93. The fraction of sp³-hybridized carbons (Fsp3) is 0.773. The smallest absolute Gasteiger partial charge is 0.409 e.